The van der Waals surface area contributed by atoms with Crippen molar-refractivity contribution >= 4 is 40.3 Å². The highest BCUT2D eigenvalue weighted by atomic mass is 16.3. The number of carbonyl (C=O) groups is 1. The second-order valence-electron chi connectivity index (χ2n) is 13.7. The topological polar surface area (TPSA) is 208 Å². The number of piperidine rings is 2. The van der Waals surface area contributed by atoms with Gasteiger partial charge in [0.25, 0.3) is 0 Å². The van der Waals surface area contributed by atoms with Crippen molar-refractivity contribution in [2.75, 3.05) is 47.4 Å². The molecule has 0 spiro atoms. The fraction of sp³-hybridized carbons (Fsp3) is 0.225. The van der Waals surface area contributed by atoms with Gasteiger partial charge in [-0.25, -0.2) is 19.9 Å². The Morgan fingerprint density at radius 2 is 1.09 bits per heavy atom. The van der Waals surface area contributed by atoms with Crippen LogP contribution in [0.3, 0.4) is 0 Å². The number of nitrogen functional groups attached to an aromatic ring is 2. The standard InChI is InChI=1S/C20H20N6O2.C20H18N6O2/c2*21-20-22-16(12-18-23-19(24-26(18)20)17-5-2-10-28-17)13-3-1-4-14(11-13)25-8-6-15(27)7-9-25/h1-5,10-12,15,27H,6-9H2,(H2,21,22);1-5,10-12H,6-9H2,(H2,21,22). The predicted molar refractivity (Wildman–Crippen MR) is 211 cm³/mol. The SMILES string of the molecule is Nc1nc(-c2cccc(N3CCC(=O)CC3)c2)cc2nc(-c3ccco3)nn12.Nc1nc(-c2cccc(N3CCC(O)CC3)c2)cc2nc(-c3ccco3)nn12. The fourth-order valence-corrected chi connectivity index (χ4v) is 7.00. The minimum absolute atomic E-state index is 0.195. The van der Waals surface area contributed by atoms with Crippen LogP contribution in [-0.2, 0) is 4.79 Å². The first-order chi connectivity index (χ1) is 27.3. The van der Waals surface area contributed by atoms with E-state index in [1.54, 1.807) is 36.8 Å². The molecule has 8 aromatic rings. The number of furan rings is 2. The summed E-state index contributed by atoms with van der Waals surface area (Å²) in [6, 6.07) is 27.2. The summed E-state index contributed by atoms with van der Waals surface area (Å²) in [4.78, 5) is 34.1. The Balaban J connectivity index is 0.000000146. The van der Waals surface area contributed by atoms with E-state index in [1.165, 1.54) is 9.03 Å². The largest absolute Gasteiger partial charge is 0.461 e. The first-order valence-electron chi connectivity index (χ1n) is 18.4. The van der Waals surface area contributed by atoms with Crippen molar-refractivity contribution in [3.05, 3.63) is 97.5 Å². The summed E-state index contributed by atoms with van der Waals surface area (Å²) in [5.41, 5.74) is 19.0. The average molecular weight is 751 g/mol. The number of ketones is 1. The molecule has 0 aliphatic carbocycles. The van der Waals surface area contributed by atoms with Crippen LogP contribution in [0.25, 0.3) is 57.0 Å². The Morgan fingerprint density at radius 3 is 1.55 bits per heavy atom. The minimum Gasteiger partial charge on any atom is -0.461 e. The number of aliphatic hydroxyl groups is 1. The molecule has 0 unspecified atom stereocenters. The van der Waals surface area contributed by atoms with Crippen LogP contribution in [0.5, 0.6) is 0 Å². The molecule has 0 radical (unpaired) electrons. The third-order valence-electron chi connectivity index (χ3n) is 9.98. The van der Waals surface area contributed by atoms with Gasteiger partial charge in [-0.2, -0.15) is 9.03 Å². The molecule has 2 aliphatic heterocycles. The van der Waals surface area contributed by atoms with Gasteiger partial charge >= 0.3 is 0 Å². The Hall–Kier alpha value is -7.07. The van der Waals surface area contributed by atoms with E-state index < -0.39 is 0 Å². The van der Waals surface area contributed by atoms with Gasteiger partial charge in [0.05, 0.1) is 30.0 Å². The number of Topliss-reactive ketones (excluding diaryl/α,β-unsaturated/α-hetero) is 1. The van der Waals surface area contributed by atoms with Gasteiger partial charge in [0.1, 0.15) is 5.78 Å². The molecule has 2 aromatic carbocycles. The van der Waals surface area contributed by atoms with Gasteiger partial charge in [0, 0.05) is 73.7 Å². The summed E-state index contributed by atoms with van der Waals surface area (Å²) >= 11 is 0. The molecule has 6 aromatic heterocycles. The maximum absolute atomic E-state index is 11.5. The van der Waals surface area contributed by atoms with Crippen LogP contribution in [0.15, 0.2) is 106 Å². The molecule has 0 amide bonds. The molecule has 56 heavy (non-hydrogen) atoms. The number of nitrogens with two attached hydrogens (primary N) is 2. The summed E-state index contributed by atoms with van der Waals surface area (Å²) in [5.74, 6) is 2.94. The molecule has 8 heterocycles. The van der Waals surface area contributed by atoms with E-state index in [9.17, 15) is 9.90 Å². The summed E-state index contributed by atoms with van der Waals surface area (Å²) < 4.78 is 13.7. The highest BCUT2D eigenvalue weighted by Crippen LogP contribution is 2.29. The molecule has 16 heteroatoms. The number of benzene rings is 2. The first kappa shape index (κ1) is 34.7. The van der Waals surface area contributed by atoms with Crippen molar-refractivity contribution in [1.82, 2.24) is 39.2 Å². The van der Waals surface area contributed by atoms with Crippen LogP contribution in [0.1, 0.15) is 25.7 Å². The Kier molecular flexibility index (Phi) is 9.06. The number of nitrogens with zero attached hydrogens (tertiary/aromatic N) is 10. The minimum atomic E-state index is -0.195. The molecule has 2 fully saturated rings. The molecule has 10 rings (SSSR count). The number of aromatic nitrogens is 8. The second-order valence-corrected chi connectivity index (χ2v) is 13.7. The quantitative estimate of drug-likeness (QED) is 0.195. The summed E-state index contributed by atoms with van der Waals surface area (Å²) in [7, 11) is 0. The van der Waals surface area contributed by atoms with Crippen molar-refractivity contribution in [2.45, 2.75) is 31.8 Å². The van der Waals surface area contributed by atoms with Crippen LogP contribution in [0.2, 0.25) is 0 Å². The number of fused-ring (bicyclic) bond motifs is 2. The number of hydrogen-bond donors (Lipinski definition) is 3. The van der Waals surface area contributed by atoms with E-state index >= 15 is 0 Å². The fourth-order valence-electron chi connectivity index (χ4n) is 7.00. The Morgan fingerprint density at radius 1 is 0.607 bits per heavy atom. The zero-order chi connectivity index (χ0) is 38.2. The van der Waals surface area contributed by atoms with E-state index in [4.69, 9.17) is 20.3 Å². The van der Waals surface area contributed by atoms with E-state index in [0.717, 1.165) is 72.9 Å². The van der Waals surface area contributed by atoms with Gasteiger partial charge in [0.2, 0.25) is 23.5 Å². The molecule has 2 saturated heterocycles. The van der Waals surface area contributed by atoms with Crippen LogP contribution < -0.4 is 21.3 Å². The lowest BCUT2D eigenvalue weighted by molar-refractivity contribution is -0.119. The highest BCUT2D eigenvalue weighted by Gasteiger charge is 2.20. The van der Waals surface area contributed by atoms with Crippen molar-refractivity contribution in [2.24, 2.45) is 0 Å². The lowest BCUT2D eigenvalue weighted by Crippen LogP contribution is -2.35. The zero-order valence-corrected chi connectivity index (χ0v) is 30.3. The third kappa shape index (κ3) is 7.00. The number of carbonyl (C=O) groups excluding carboxylic acids is 1. The number of anilines is 4. The van der Waals surface area contributed by atoms with Gasteiger partial charge in [-0.3, -0.25) is 4.79 Å². The lowest BCUT2D eigenvalue weighted by atomic mass is 10.1. The van der Waals surface area contributed by atoms with Gasteiger partial charge < -0.3 is 35.2 Å². The Bertz CT molecular complexity index is 2630. The average Bonchev–Trinajstić information content (AvgIpc) is 4.06. The van der Waals surface area contributed by atoms with Gasteiger partial charge in [-0.05, 0) is 61.4 Å². The lowest BCUT2D eigenvalue weighted by Gasteiger charge is -2.31. The van der Waals surface area contributed by atoms with E-state index in [-0.39, 0.29) is 18.0 Å². The van der Waals surface area contributed by atoms with Gasteiger partial charge in [0.15, 0.2) is 22.8 Å². The zero-order valence-electron chi connectivity index (χ0n) is 30.3. The summed E-state index contributed by atoms with van der Waals surface area (Å²) in [6.07, 6.45) is 5.73. The van der Waals surface area contributed by atoms with Gasteiger partial charge in [-0.1, -0.05) is 24.3 Å². The number of aliphatic hydroxyl groups excluding tert-OH is 1. The van der Waals surface area contributed by atoms with Crippen LogP contribution >= 0.6 is 0 Å². The van der Waals surface area contributed by atoms with Gasteiger partial charge in [-0.15, -0.1) is 10.2 Å². The molecule has 0 bridgehead atoms. The first-order valence-corrected chi connectivity index (χ1v) is 18.4. The maximum atomic E-state index is 11.5. The van der Waals surface area contributed by atoms with Crippen molar-refractivity contribution in [1.29, 1.82) is 0 Å². The molecular weight excluding hydrogens is 713 g/mol. The van der Waals surface area contributed by atoms with Crippen LogP contribution in [0.4, 0.5) is 23.3 Å². The van der Waals surface area contributed by atoms with Crippen molar-refractivity contribution in [3.8, 4) is 45.7 Å². The summed E-state index contributed by atoms with van der Waals surface area (Å²) in [6.45, 7) is 3.17. The smallest absolute Gasteiger partial charge is 0.223 e. The molecule has 2 aliphatic rings. The molecular formula is C40H38N12O4. The monoisotopic (exact) mass is 750 g/mol. The molecule has 282 valence electrons. The molecule has 16 nitrogen and oxygen atoms in total. The summed E-state index contributed by atoms with van der Waals surface area (Å²) in [5, 5.41) is 18.5. The van der Waals surface area contributed by atoms with E-state index in [1.807, 2.05) is 42.5 Å². The predicted octanol–water partition coefficient (Wildman–Crippen LogP) is 5.40. The Labute approximate surface area is 320 Å². The highest BCUT2D eigenvalue weighted by molar-refractivity contribution is 5.81. The normalized spacial score (nSPS) is 15.1. The maximum Gasteiger partial charge on any atom is 0.223 e. The third-order valence-corrected chi connectivity index (χ3v) is 9.98. The van der Waals surface area contributed by atoms with E-state index in [2.05, 4.69) is 58.1 Å². The number of hydrogen-bond acceptors (Lipinski definition) is 14. The van der Waals surface area contributed by atoms with E-state index in [0.29, 0.717) is 53.1 Å². The number of rotatable bonds is 6. The molecule has 5 N–H and O–H groups in total. The van der Waals surface area contributed by atoms with Crippen molar-refractivity contribution in [3.63, 3.8) is 0 Å². The molecule has 0 atom stereocenters. The van der Waals surface area contributed by atoms with Crippen LogP contribution in [-0.4, -0.2) is 82.3 Å². The van der Waals surface area contributed by atoms with Crippen LogP contribution in [0, 0.1) is 0 Å². The van der Waals surface area contributed by atoms with Crippen molar-refractivity contribution < 1.29 is 18.7 Å². The molecule has 0 saturated carbocycles. The second kappa shape index (κ2) is 14.6.